The molecule has 0 spiro atoms. The van der Waals surface area contributed by atoms with Crippen LogP contribution < -0.4 is 5.43 Å². The van der Waals surface area contributed by atoms with E-state index in [4.69, 9.17) is 4.74 Å². The van der Waals surface area contributed by atoms with E-state index in [2.05, 4.69) is 9.97 Å². The van der Waals surface area contributed by atoms with Crippen molar-refractivity contribution in [1.29, 1.82) is 0 Å². The van der Waals surface area contributed by atoms with E-state index in [9.17, 15) is 9.59 Å². The number of pyridine rings is 2. The van der Waals surface area contributed by atoms with Gasteiger partial charge in [-0.3, -0.25) is 9.36 Å². The summed E-state index contributed by atoms with van der Waals surface area (Å²) in [7, 11) is 0. The minimum Gasteiger partial charge on any atom is -0.462 e. The molecular formula is C15H13N3O3S. The normalized spacial score (nSPS) is 10.8. The molecule has 0 fully saturated rings. The van der Waals surface area contributed by atoms with Crippen LogP contribution in [0.2, 0.25) is 0 Å². The van der Waals surface area contributed by atoms with Crippen LogP contribution in [0.5, 0.6) is 0 Å². The van der Waals surface area contributed by atoms with E-state index in [0.717, 1.165) is 5.56 Å². The third-order valence-corrected chi connectivity index (χ3v) is 3.99. The van der Waals surface area contributed by atoms with Gasteiger partial charge in [-0.25, -0.2) is 14.8 Å². The summed E-state index contributed by atoms with van der Waals surface area (Å²) in [4.78, 5) is 33.2. The van der Waals surface area contributed by atoms with E-state index < -0.39 is 5.97 Å². The molecule has 0 aromatic carbocycles. The molecule has 7 heteroatoms. The molecule has 0 atom stereocenters. The number of thiazole rings is 1. The molecule has 112 valence electrons. The number of carbonyl (C=O) groups is 1. The van der Waals surface area contributed by atoms with Gasteiger partial charge in [-0.2, -0.15) is 0 Å². The lowest BCUT2D eigenvalue weighted by Crippen LogP contribution is -2.21. The van der Waals surface area contributed by atoms with Gasteiger partial charge in [0, 0.05) is 24.0 Å². The van der Waals surface area contributed by atoms with E-state index in [1.165, 1.54) is 17.5 Å². The number of aromatic nitrogens is 3. The first-order valence-electron chi connectivity index (χ1n) is 6.71. The zero-order valence-electron chi connectivity index (χ0n) is 12.1. The molecule has 22 heavy (non-hydrogen) atoms. The minimum absolute atomic E-state index is 0.0133. The van der Waals surface area contributed by atoms with Gasteiger partial charge >= 0.3 is 5.97 Å². The molecule has 3 rings (SSSR count). The van der Waals surface area contributed by atoms with E-state index >= 15 is 0 Å². The molecule has 0 aliphatic carbocycles. The molecule has 6 nitrogen and oxygen atoms in total. The average Bonchev–Trinajstić information content (AvgIpc) is 3.02. The predicted octanol–water partition coefficient (Wildman–Crippen LogP) is 2.33. The Morgan fingerprint density at radius 3 is 2.86 bits per heavy atom. The quantitative estimate of drug-likeness (QED) is 0.694. The number of nitrogens with zero attached hydrogens (tertiary/aromatic N) is 3. The van der Waals surface area contributed by atoms with Crippen LogP contribution in [0.25, 0.3) is 16.2 Å². The first-order valence-corrected chi connectivity index (χ1v) is 7.59. The van der Waals surface area contributed by atoms with Gasteiger partial charge in [-0.05, 0) is 25.5 Å². The third-order valence-electron chi connectivity index (χ3n) is 3.22. The Balaban J connectivity index is 2.40. The van der Waals surface area contributed by atoms with Crippen molar-refractivity contribution in [3.63, 3.8) is 0 Å². The second kappa shape index (κ2) is 5.69. The lowest BCUT2D eigenvalue weighted by atomic mass is 10.1. The van der Waals surface area contributed by atoms with Crippen LogP contribution >= 0.6 is 11.3 Å². The zero-order chi connectivity index (χ0) is 15.7. The molecule has 0 saturated carbocycles. The van der Waals surface area contributed by atoms with E-state index in [0.29, 0.717) is 16.2 Å². The third kappa shape index (κ3) is 2.29. The van der Waals surface area contributed by atoms with Crippen LogP contribution in [0, 0.1) is 6.92 Å². The Hall–Kier alpha value is -2.54. The second-order valence-electron chi connectivity index (χ2n) is 4.60. The molecule has 3 aromatic heterocycles. The fourth-order valence-electron chi connectivity index (χ4n) is 2.23. The van der Waals surface area contributed by atoms with Gasteiger partial charge in [-0.1, -0.05) is 0 Å². The highest BCUT2D eigenvalue weighted by Crippen LogP contribution is 2.20. The number of fused-ring (bicyclic) bond motifs is 1. The van der Waals surface area contributed by atoms with Crippen molar-refractivity contribution in [3.05, 3.63) is 51.4 Å². The monoisotopic (exact) mass is 315 g/mol. The molecule has 0 saturated heterocycles. The van der Waals surface area contributed by atoms with Gasteiger partial charge in [0.15, 0.2) is 5.13 Å². The van der Waals surface area contributed by atoms with Crippen LogP contribution in [-0.2, 0) is 4.74 Å². The van der Waals surface area contributed by atoms with E-state index in [1.807, 2.05) is 12.3 Å². The van der Waals surface area contributed by atoms with Gasteiger partial charge in [-0.15, -0.1) is 11.3 Å². The fraction of sp³-hybridized carbons (Fsp3) is 0.200. The Labute approximate surface area is 130 Å². The highest BCUT2D eigenvalue weighted by atomic mass is 32.1. The average molecular weight is 315 g/mol. The Morgan fingerprint density at radius 1 is 1.36 bits per heavy atom. The number of carbonyl (C=O) groups excluding carboxylic acids is 1. The molecule has 3 aromatic rings. The van der Waals surface area contributed by atoms with Crippen molar-refractivity contribution in [2.45, 2.75) is 13.8 Å². The van der Waals surface area contributed by atoms with Crippen LogP contribution in [0.15, 0.2) is 34.8 Å². The molecule has 0 N–H and O–H groups in total. The standard InChI is InChI=1S/C15H13N3O3S/c1-3-21-14(20)10-8-18(15-17-6-7-22-15)13-11(12(10)19)9(2)4-5-16-13/h4-8H,3H2,1-2H3. The van der Waals surface area contributed by atoms with Crippen LogP contribution in [0.1, 0.15) is 22.8 Å². The lowest BCUT2D eigenvalue weighted by Gasteiger charge is -2.11. The van der Waals surface area contributed by atoms with Crippen LogP contribution in [0.4, 0.5) is 0 Å². The fourth-order valence-corrected chi connectivity index (χ4v) is 2.84. The van der Waals surface area contributed by atoms with E-state index in [1.54, 1.807) is 30.0 Å². The molecule has 0 radical (unpaired) electrons. The van der Waals surface area contributed by atoms with Crippen molar-refractivity contribution < 1.29 is 9.53 Å². The maximum atomic E-state index is 12.6. The van der Waals surface area contributed by atoms with Gasteiger partial charge in [0.1, 0.15) is 11.2 Å². The number of aryl methyl sites for hydroxylation is 1. The summed E-state index contributed by atoms with van der Waals surface area (Å²) in [5, 5.41) is 2.86. The number of rotatable bonds is 3. The Morgan fingerprint density at radius 2 is 2.18 bits per heavy atom. The minimum atomic E-state index is -0.636. The topological polar surface area (TPSA) is 74.1 Å². The summed E-state index contributed by atoms with van der Waals surface area (Å²) < 4.78 is 6.63. The lowest BCUT2D eigenvalue weighted by molar-refractivity contribution is 0.0524. The number of hydrogen-bond donors (Lipinski definition) is 0. The summed E-state index contributed by atoms with van der Waals surface area (Å²) in [6.45, 7) is 3.72. The van der Waals surface area contributed by atoms with Crippen LogP contribution in [-0.4, -0.2) is 27.1 Å². The highest BCUT2D eigenvalue weighted by Gasteiger charge is 2.19. The summed E-state index contributed by atoms with van der Waals surface area (Å²) in [5.41, 5.74) is 0.854. The first-order chi connectivity index (χ1) is 10.6. The molecule has 0 unspecified atom stereocenters. The SMILES string of the molecule is CCOC(=O)c1cn(-c2nccs2)c2nccc(C)c2c1=O. The number of ether oxygens (including phenoxy) is 1. The summed E-state index contributed by atoms with van der Waals surface area (Å²) in [6.07, 6.45) is 4.74. The molecule has 3 heterocycles. The maximum Gasteiger partial charge on any atom is 0.343 e. The Kier molecular flexibility index (Phi) is 3.72. The summed E-state index contributed by atoms with van der Waals surface area (Å²) in [6, 6.07) is 1.74. The van der Waals surface area contributed by atoms with Gasteiger partial charge in [0.05, 0.1) is 12.0 Å². The van der Waals surface area contributed by atoms with Crippen molar-refractivity contribution in [1.82, 2.24) is 14.5 Å². The van der Waals surface area contributed by atoms with Crippen LogP contribution in [0.3, 0.4) is 0 Å². The Bertz CT molecular complexity index is 900. The van der Waals surface area contributed by atoms with E-state index in [-0.39, 0.29) is 17.6 Å². The van der Waals surface area contributed by atoms with Crippen molar-refractivity contribution in [2.75, 3.05) is 6.61 Å². The zero-order valence-corrected chi connectivity index (χ0v) is 12.9. The number of hydrogen-bond acceptors (Lipinski definition) is 6. The van der Waals surface area contributed by atoms with Crippen molar-refractivity contribution in [3.8, 4) is 5.13 Å². The van der Waals surface area contributed by atoms with Crippen molar-refractivity contribution in [2.24, 2.45) is 0 Å². The predicted molar refractivity (Wildman–Crippen MR) is 83.7 cm³/mol. The largest absolute Gasteiger partial charge is 0.462 e. The molecule has 0 aliphatic heterocycles. The first kappa shape index (κ1) is 14.4. The smallest absolute Gasteiger partial charge is 0.343 e. The molecule has 0 bridgehead atoms. The molecular weight excluding hydrogens is 302 g/mol. The molecule has 0 amide bonds. The summed E-state index contributed by atoms with van der Waals surface area (Å²) >= 11 is 1.39. The summed E-state index contributed by atoms with van der Waals surface area (Å²) in [5.74, 6) is -0.636. The van der Waals surface area contributed by atoms with Crippen molar-refractivity contribution >= 4 is 28.3 Å². The van der Waals surface area contributed by atoms with Gasteiger partial charge in [0.25, 0.3) is 0 Å². The van der Waals surface area contributed by atoms with Gasteiger partial charge in [0.2, 0.25) is 5.43 Å². The second-order valence-corrected chi connectivity index (χ2v) is 5.48. The highest BCUT2D eigenvalue weighted by molar-refractivity contribution is 7.12. The molecule has 0 aliphatic rings. The maximum absolute atomic E-state index is 12.6. The van der Waals surface area contributed by atoms with Gasteiger partial charge < -0.3 is 4.74 Å². The number of esters is 1.